The fourth-order valence-electron chi connectivity index (χ4n) is 1.81. The SMILES string of the molecule is CC(=O)c1cn(-c2ccc(F)c(F)c2)c(C)cc1=O. The molecule has 98 valence electrons. The van der Waals surface area contributed by atoms with Gasteiger partial charge in [-0.25, -0.2) is 8.78 Å². The Morgan fingerprint density at radius 2 is 1.84 bits per heavy atom. The van der Waals surface area contributed by atoms with E-state index in [1.54, 1.807) is 6.92 Å². The Labute approximate surface area is 108 Å². The molecular formula is C14H11F2NO2. The van der Waals surface area contributed by atoms with E-state index in [0.717, 1.165) is 12.1 Å². The minimum atomic E-state index is -0.986. The predicted molar refractivity (Wildman–Crippen MR) is 66.7 cm³/mol. The van der Waals surface area contributed by atoms with Crippen LogP contribution in [0.3, 0.4) is 0 Å². The third-order valence-corrected chi connectivity index (χ3v) is 2.80. The van der Waals surface area contributed by atoms with Crippen molar-refractivity contribution in [3.8, 4) is 5.69 Å². The fraction of sp³-hybridized carbons (Fsp3) is 0.143. The average Bonchev–Trinajstić information content (AvgIpc) is 2.32. The molecule has 0 saturated heterocycles. The van der Waals surface area contributed by atoms with E-state index in [1.165, 1.54) is 29.8 Å². The standard InChI is InChI=1S/C14H11F2NO2/c1-8-5-14(19)11(9(2)18)7-17(8)10-3-4-12(15)13(16)6-10/h3-7H,1-2H3. The number of rotatable bonds is 2. The number of hydrogen-bond donors (Lipinski definition) is 0. The first-order valence-electron chi connectivity index (χ1n) is 5.60. The second-order valence-corrected chi connectivity index (χ2v) is 4.22. The summed E-state index contributed by atoms with van der Waals surface area (Å²) in [5.74, 6) is -2.31. The second kappa shape index (κ2) is 4.76. The molecule has 3 nitrogen and oxygen atoms in total. The molecule has 0 spiro atoms. The Bertz CT molecular complexity index is 720. The summed E-state index contributed by atoms with van der Waals surface area (Å²) in [6.45, 7) is 2.92. The summed E-state index contributed by atoms with van der Waals surface area (Å²) in [6, 6.07) is 4.67. The van der Waals surface area contributed by atoms with Crippen molar-refractivity contribution in [2.45, 2.75) is 13.8 Å². The minimum Gasteiger partial charge on any atom is -0.320 e. The molecule has 0 fully saturated rings. The quantitative estimate of drug-likeness (QED) is 0.781. The number of aryl methyl sites for hydroxylation is 1. The van der Waals surface area contributed by atoms with E-state index in [2.05, 4.69) is 0 Å². The zero-order chi connectivity index (χ0) is 14.2. The van der Waals surface area contributed by atoms with Crippen molar-refractivity contribution in [2.24, 2.45) is 0 Å². The number of nitrogens with zero attached hydrogens (tertiary/aromatic N) is 1. The van der Waals surface area contributed by atoms with Crippen molar-refractivity contribution in [1.82, 2.24) is 4.57 Å². The monoisotopic (exact) mass is 263 g/mol. The van der Waals surface area contributed by atoms with Crippen molar-refractivity contribution in [2.75, 3.05) is 0 Å². The summed E-state index contributed by atoms with van der Waals surface area (Å²) in [5, 5.41) is 0. The highest BCUT2D eigenvalue weighted by Gasteiger charge is 2.10. The summed E-state index contributed by atoms with van der Waals surface area (Å²) in [6.07, 6.45) is 1.34. The van der Waals surface area contributed by atoms with Gasteiger partial charge in [0.2, 0.25) is 0 Å². The Morgan fingerprint density at radius 1 is 1.16 bits per heavy atom. The van der Waals surface area contributed by atoms with Gasteiger partial charge in [-0.05, 0) is 26.0 Å². The van der Waals surface area contributed by atoms with E-state index in [1.807, 2.05) is 0 Å². The van der Waals surface area contributed by atoms with Crippen molar-refractivity contribution < 1.29 is 13.6 Å². The van der Waals surface area contributed by atoms with E-state index in [-0.39, 0.29) is 16.8 Å². The van der Waals surface area contributed by atoms with Crippen molar-refractivity contribution in [3.05, 3.63) is 63.6 Å². The number of benzene rings is 1. The number of pyridine rings is 1. The van der Waals surface area contributed by atoms with E-state index in [0.29, 0.717) is 11.4 Å². The van der Waals surface area contributed by atoms with E-state index < -0.39 is 11.6 Å². The Balaban J connectivity index is 2.68. The molecule has 1 aromatic heterocycles. The third-order valence-electron chi connectivity index (χ3n) is 2.80. The summed E-state index contributed by atoms with van der Waals surface area (Å²) < 4.78 is 27.6. The summed E-state index contributed by atoms with van der Waals surface area (Å²) >= 11 is 0. The molecule has 1 heterocycles. The maximum Gasteiger partial charge on any atom is 0.192 e. The third kappa shape index (κ3) is 2.45. The number of Topliss-reactive ketones (excluding diaryl/α,β-unsaturated/α-hetero) is 1. The number of carbonyl (C=O) groups excluding carboxylic acids is 1. The van der Waals surface area contributed by atoms with E-state index in [4.69, 9.17) is 0 Å². The molecule has 0 N–H and O–H groups in total. The topological polar surface area (TPSA) is 39.1 Å². The molecule has 0 unspecified atom stereocenters. The van der Waals surface area contributed by atoms with Gasteiger partial charge in [0.25, 0.3) is 0 Å². The lowest BCUT2D eigenvalue weighted by Gasteiger charge is -2.12. The molecule has 0 saturated carbocycles. The van der Waals surface area contributed by atoms with Crippen LogP contribution in [0.5, 0.6) is 0 Å². The number of hydrogen-bond acceptors (Lipinski definition) is 2. The van der Waals surface area contributed by atoms with Crippen LogP contribution in [0, 0.1) is 18.6 Å². The van der Waals surface area contributed by atoms with Crippen LogP contribution in [0.15, 0.2) is 35.3 Å². The van der Waals surface area contributed by atoms with E-state index in [9.17, 15) is 18.4 Å². The first kappa shape index (κ1) is 13.1. The Morgan fingerprint density at radius 3 is 2.42 bits per heavy atom. The van der Waals surface area contributed by atoms with Crippen molar-refractivity contribution >= 4 is 5.78 Å². The molecule has 1 aromatic carbocycles. The maximum absolute atomic E-state index is 13.2. The molecule has 0 aliphatic heterocycles. The molecule has 0 aliphatic carbocycles. The van der Waals surface area contributed by atoms with Gasteiger partial charge in [-0.15, -0.1) is 0 Å². The zero-order valence-electron chi connectivity index (χ0n) is 10.4. The van der Waals surface area contributed by atoms with Crippen LogP contribution in [0.1, 0.15) is 23.0 Å². The Hall–Kier alpha value is -2.30. The number of aromatic nitrogens is 1. The number of halogens is 2. The summed E-state index contributed by atoms with van der Waals surface area (Å²) in [7, 11) is 0. The van der Waals surface area contributed by atoms with Crippen LogP contribution < -0.4 is 5.43 Å². The largest absolute Gasteiger partial charge is 0.320 e. The minimum absolute atomic E-state index is 0.00957. The molecule has 0 bridgehead atoms. The molecule has 2 aromatic rings. The van der Waals surface area contributed by atoms with Crippen LogP contribution in [-0.2, 0) is 0 Å². The lowest BCUT2D eigenvalue weighted by Crippen LogP contribution is -2.17. The van der Waals surface area contributed by atoms with Gasteiger partial charge in [0.1, 0.15) is 0 Å². The van der Waals surface area contributed by atoms with Crippen LogP contribution >= 0.6 is 0 Å². The normalized spacial score (nSPS) is 10.5. The fourth-order valence-corrected chi connectivity index (χ4v) is 1.81. The van der Waals surface area contributed by atoms with E-state index >= 15 is 0 Å². The van der Waals surface area contributed by atoms with Gasteiger partial charge in [0.05, 0.1) is 5.56 Å². The van der Waals surface area contributed by atoms with Gasteiger partial charge in [-0.2, -0.15) is 0 Å². The first-order valence-corrected chi connectivity index (χ1v) is 5.60. The smallest absolute Gasteiger partial charge is 0.192 e. The van der Waals surface area contributed by atoms with Gasteiger partial charge in [0, 0.05) is 29.7 Å². The Kier molecular flexibility index (Phi) is 3.29. The van der Waals surface area contributed by atoms with Gasteiger partial charge < -0.3 is 4.57 Å². The highest BCUT2D eigenvalue weighted by Crippen LogP contribution is 2.15. The number of carbonyl (C=O) groups is 1. The van der Waals surface area contributed by atoms with Gasteiger partial charge in [-0.3, -0.25) is 9.59 Å². The van der Waals surface area contributed by atoms with Crippen molar-refractivity contribution in [3.63, 3.8) is 0 Å². The average molecular weight is 263 g/mol. The predicted octanol–water partition coefficient (Wildman–Crippen LogP) is 2.63. The summed E-state index contributed by atoms with van der Waals surface area (Å²) in [4.78, 5) is 23.0. The second-order valence-electron chi connectivity index (χ2n) is 4.22. The van der Waals surface area contributed by atoms with Gasteiger partial charge in [0.15, 0.2) is 22.8 Å². The first-order chi connectivity index (χ1) is 8.90. The molecule has 0 aliphatic rings. The highest BCUT2D eigenvalue weighted by molar-refractivity contribution is 5.93. The molecular weight excluding hydrogens is 252 g/mol. The van der Waals surface area contributed by atoms with Gasteiger partial charge in [-0.1, -0.05) is 0 Å². The lowest BCUT2D eigenvalue weighted by atomic mass is 10.1. The molecule has 0 radical (unpaired) electrons. The molecule has 2 rings (SSSR count). The van der Waals surface area contributed by atoms with Crippen LogP contribution in [0.4, 0.5) is 8.78 Å². The maximum atomic E-state index is 13.2. The lowest BCUT2D eigenvalue weighted by molar-refractivity contribution is 0.101. The molecule has 5 heteroatoms. The van der Waals surface area contributed by atoms with Crippen LogP contribution in [-0.4, -0.2) is 10.4 Å². The molecule has 19 heavy (non-hydrogen) atoms. The van der Waals surface area contributed by atoms with Crippen LogP contribution in [0.25, 0.3) is 5.69 Å². The molecule has 0 atom stereocenters. The summed E-state index contributed by atoms with van der Waals surface area (Å²) in [5.41, 5.74) is 0.499. The van der Waals surface area contributed by atoms with Crippen molar-refractivity contribution in [1.29, 1.82) is 0 Å². The highest BCUT2D eigenvalue weighted by atomic mass is 19.2. The zero-order valence-corrected chi connectivity index (χ0v) is 10.4. The number of ketones is 1. The molecule has 0 amide bonds. The van der Waals surface area contributed by atoms with Crippen LogP contribution in [0.2, 0.25) is 0 Å². The van der Waals surface area contributed by atoms with Gasteiger partial charge >= 0.3 is 0 Å².